The lowest BCUT2D eigenvalue weighted by atomic mass is 10.00. The molecule has 0 aliphatic heterocycles. The topological polar surface area (TPSA) is 66.8 Å². The molecule has 0 amide bonds. The SMILES string of the molecule is [C-]#[N+]/C(=C(/C#N)c1ccc(OCCCOC=CC=C)cc1)c1ccc(CO)cc1. The van der Waals surface area contributed by atoms with Gasteiger partial charge in [0.25, 0.3) is 0 Å². The molecule has 0 heterocycles. The zero-order valence-electron chi connectivity index (χ0n) is 16.0. The number of nitriles is 1. The molecule has 0 saturated heterocycles. The maximum absolute atomic E-state index is 9.63. The highest BCUT2D eigenvalue weighted by Gasteiger charge is 2.12. The fourth-order valence-corrected chi connectivity index (χ4v) is 2.52. The van der Waals surface area contributed by atoms with Gasteiger partial charge in [-0.2, -0.15) is 5.26 Å². The highest BCUT2D eigenvalue weighted by atomic mass is 16.5. The summed E-state index contributed by atoms with van der Waals surface area (Å²) in [5.74, 6) is 0.685. The van der Waals surface area contributed by atoms with Crippen molar-refractivity contribution in [3.05, 3.63) is 102 Å². The largest absolute Gasteiger partial charge is 0.501 e. The van der Waals surface area contributed by atoms with Crippen molar-refractivity contribution < 1.29 is 14.6 Å². The molecule has 0 spiro atoms. The molecular formula is C24H22N2O3. The van der Waals surface area contributed by atoms with E-state index in [2.05, 4.69) is 17.5 Å². The van der Waals surface area contributed by atoms with E-state index in [4.69, 9.17) is 21.2 Å². The molecule has 0 radical (unpaired) electrons. The van der Waals surface area contributed by atoms with Crippen molar-refractivity contribution >= 4 is 11.3 Å². The van der Waals surface area contributed by atoms with E-state index < -0.39 is 0 Å². The van der Waals surface area contributed by atoms with Crippen molar-refractivity contribution in [3.8, 4) is 11.8 Å². The maximum Gasteiger partial charge on any atom is 0.212 e. The van der Waals surface area contributed by atoms with Gasteiger partial charge < -0.3 is 14.6 Å². The quantitative estimate of drug-likeness (QED) is 0.156. The Kier molecular flexibility index (Phi) is 8.76. The first-order valence-electron chi connectivity index (χ1n) is 9.08. The van der Waals surface area contributed by atoms with Crippen LogP contribution in [-0.2, 0) is 11.3 Å². The first-order valence-corrected chi connectivity index (χ1v) is 9.08. The van der Waals surface area contributed by atoms with Gasteiger partial charge in [0.15, 0.2) is 0 Å². The number of aliphatic hydroxyl groups excluding tert-OH is 1. The Morgan fingerprint density at radius 1 is 1.10 bits per heavy atom. The van der Waals surface area contributed by atoms with E-state index in [0.717, 1.165) is 12.0 Å². The predicted octanol–water partition coefficient (Wildman–Crippen LogP) is 4.98. The van der Waals surface area contributed by atoms with E-state index in [1.165, 1.54) is 0 Å². The highest BCUT2D eigenvalue weighted by molar-refractivity contribution is 5.99. The second-order valence-electron chi connectivity index (χ2n) is 5.96. The van der Waals surface area contributed by atoms with Gasteiger partial charge in [-0.05, 0) is 34.9 Å². The van der Waals surface area contributed by atoms with Crippen LogP contribution in [0.1, 0.15) is 23.1 Å². The molecule has 0 atom stereocenters. The number of benzene rings is 2. The van der Waals surface area contributed by atoms with E-state index in [-0.39, 0.29) is 12.3 Å². The fraction of sp³-hybridized carbons (Fsp3) is 0.167. The molecule has 0 bridgehead atoms. The highest BCUT2D eigenvalue weighted by Crippen LogP contribution is 2.28. The van der Waals surface area contributed by atoms with Crippen LogP contribution in [0.15, 0.2) is 73.5 Å². The van der Waals surface area contributed by atoms with Crippen LogP contribution in [0.5, 0.6) is 5.75 Å². The summed E-state index contributed by atoms with van der Waals surface area (Å²) in [6.07, 6.45) is 5.69. The Morgan fingerprint density at radius 2 is 1.79 bits per heavy atom. The lowest BCUT2D eigenvalue weighted by Gasteiger charge is -2.08. The number of hydrogen-bond donors (Lipinski definition) is 1. The molecule has 2 aromatic carbocycles. The predicted molar refractivity (Wildman–Crippen MR) is 113 cm³/mol. The Hall–Kier alpha value is -3.80. The van der Waals surface area contributed by atoms with Crippen LogP contribution in [0.3, 0.4) is 0 Å². The third-order valence-electron chi connectivity index (χ3n) is 4.00. The average molecular weight is 386 g/mol. The minimum absolute atomic E-state index is 0.0679. The summed E-state index contributed by atoms with van der Waals surface area (Å²) in [6.45, 7) is 12.1. The minimum Gasteiger partial charge on any atom is -0.501 e. The summed E-state index contributed by atoms with van der Waals surface area (Å²) < 4.78 is 10.9. The lowest BCUT2D eigenvalue weighted by Crippen LogP contribution is -2.01. The van der Waals surface area contributed by atoms with Gasteiger partial charge in [0.2, 0.25) is 5.70 Å². The molecule has 0 fully saturated rings. The molecular weight excluding hydrogens is 364 g/mol. The second-order valence-corrected chi connectivity index (χ2v) is 5.96. The number of ether oxygens (including phenoxy) is 2. The number of aliphatic hydroxyl groups is 1. The summed E-state index contributed by atoms with van der Waals surface area (Å²) in [4.78, 5) is 3.56. The summed E-state index contributed by atoms with van der Waals surface area (Å²) in [6, 6.07) is 16.2. The second kappa shape index (κ2) is 11.8. The molecule has 1 N–H and O–H groups in total. The van der Waals surface area contributed by atoms with Crippen LogP contribution in [0.25, 0.3) is 16.1 Å². The number of hydrogen-bond acceptors (Lipinski definition) is 4. The Morgan fingerprint density at radius 3 is 2.38 bits per heavy atom. The molecule has 5 heteroatoms. The van der Waals surface area contributed by atoms with E-state index in [9.17, 15) is 5.26 Å². The molecule has 29 heavy (non-hydrogen) atoms. The lowest BCUT2D eigenvalue weighted by molar-refractivity contribution is 0.209. The molecule has 2 rings (SSSR count). The smallest absolute Gasteiger partial charge is 0.212 e. The van der Waals surface area contributed by atoms with Gasteiger partial charge in [-0.1, -0.05) is 49.1 Å². The fourth-order valence-electron chi connectivity index (χ4n) is 2.52. The average Bonchev–Trinajstić information content (AvgIpc) is 2.77. The Labute approximate surface area is 171 Å². The van der Waals surface area contributed by atoms with Crippen molar-refractivity contribution in [2.75, 3.05) is 13.2 Å². The molecule has 0 unspecified atom stereocenters. The van der Waals surface area contributed by atoms with Crippen LogP contribution < -0.4 is 4.74 Å². The van der Waals surface area contributed by atoms with Crippen LogP contribution >= 0.6 is 0 Å². The monoisotopic (exact) mass is 386 g/mol. The molecule has 0 aliphatic carbocycles. The summed E-state index contributed by atoms with van der Waals surface area (Å²) in [5.41, 5.74) is 2.61. The molecule has 2 aromatic rings. The maximum atomic E-state index is 9.63. The number of allylic oxidation sites excluding steroid dienone is 3. The summed E-state index contributed by atoms with van der Waals surface area (Å²) >= 11 is 0. The van der Waals surface area contributed by atoms with E-state index in [1.54, 1.807) is 66.9 Å². The van der Waals surface area contributed by atoms with Crippen molar-refractivity contribution in [3.63, 3.8) is 0 Å². The van der Waals surface area contributed by atoms with Gasteiger partial charge in [0.1, 0.15) is 5.75 Å². The number of nitrogens with zero attached hydrogens (tertiary/aromatic N) is 2. The number of rotatable bonds is 10. The van der Waals surface area contributed by atoms with Crippen LogP contribution in [-0.4, -0.2) is 18.3 Å². The molecule has 0 saturated carbocycles. The first-order chi connectivity index (χ1) is 14.2. The first kappa shape index (κ1) is 21.5. The third-order valence-corrected chi connectivity index (χ3v) is 4.00. The molecule has 5 nitrogen and oxygen atoms in total. The molecule has 146 valence electrons. The molecule has 0 aliphatic rings. The van der Waals surface area contributed by atoms with Gasteiger partial charge in [-0.15, -0.1) is 0 Å². The van der Waals surface area contributed by atoms with E-state index >= 15 is 0 Å². The van der Waals surface area contributed by atoms with Crippen molar-refractivity contribution in [2.45, 2.75) is 13.0 Å². The Bertz CT molecular complexity index is 944. The summed E-state index contributed by atoms with van der Waals surface area (Å²) in [5, 5.41) is 18.8. The van der Waals surface area contributed by atoms with Crippen LogP contribution in [0, 0.1) is 17.9 Å². The standard InChI is InChI=1S/C24H22N2O3/c1-3-4-14-28-15-5-16-29-22-12-10-20(11-13-22)23(17-25)24(26-2)21-8-6-19(18-27)7-9-21/h3-4,6-14,27H,1,5,15-16,18H2/b14-4?,24-23-. The van der Waals surface area contributed by atoms with Crippen LogP contribution in [0.4, 0.5) is 0 Å². The van der Waals surface area contributed by atoms with E-state index in [1.807, 2.05) is 0 Å². The minimum atomic E-state index is -0.0679. The van der Waals surface area contributed by atoms with Gasteiger partial charge in [0.05, 0.1) is 44.3 Å². The molecule has 0 aromatic heterocycles. The van der Waals surface area contributed by atoms with E-state index in [0.29, 0.717) is 35.7 Å². The van der Waals surface area contributed by atoms with Gasteiger partial charge in [0, 0.05) is 6.42 Å². The normalized spacial score (nSPS) is 11.3. The summed E-state index contributed by atoms with van der Waals surface area (Å²) in [7, 11) is 0. The van der Waals surface area contributed by atoms with Crippen molar-refractivity contribution in [1.29, 1.82) is 5.26 Å². The van der Waals surface area contributed by atoms with Gasteiger partial charge >= 0.3 is 0 Å². The van der Waals surface area contributed by atoms with Crippen LogP contribution in [0.2, 0.25) is 0 Å². The zero-order chi connectivity index (χ0) is 20.9. The van der Waals surface area contributed by atoms with Crippen molar-refractivity contribution in [1.82, 2.24) is 0 Å². The zero-order valence-corrected chi connectivity index (χ0v) is 16.0. The Balaban J connectivity index is 2.08. The third kappa shape index (κ3) is 6.39. The van der Waals surface area contributed by atoms with Gasteiger partial charge in [-0.3, -0.25) is 0 Å². The van der Waals surface area contributed by atoms with Gasteiger partial charge in [-0.25, -0.2) is 4.85 Å². The van der Waals surface area contributed by atoms with Crippen molar-refractivity contribution in [2.24, 2.45) is 0 Å².